The number of para-hydroxylation sites is 1. The number of carbonyl (C=O) groups excluding carboxylic acids is 3. The van der Waals surface area contributed by atoms with Gasteiger partial charge in [0.05, 0.1) is 28.7 Å². The van der Waals surface area contributed by atoms with E-state index in [0.29, 0.717) is 29.3 Å². The third kappa shape index (κ3) is 6.28. The molecule has 0 radical (unpaired) electrons. The molecule has 1 saturated heterocycles. The van der Waals surface area contributed by atoms with E-state index in [1.807, 2.05) is 43.3 Å². The van der Waals surface area contributed by atoms with Gasteiger partial charge >= 0.3 is 6.16 Å². The van der Waals surface area contributed by atoms with Crippen molar-refractivity contribution in [1.82, 2.24) is 14.5 Å². The van der Waals surface area contributed by atoms with Crippen molar-refractivity contribution in [2.24, 2.45) is 11.8 Å². The van der Waals surface area contributed by atoms with Crippen LogP contribution in [0.2, 0.25) is 0 Å². The summed E-state index contributed by atoms with van der Waals surface area (Å²) >= 11 is 0. The standard InChI is InChI=1S/C37H42N4O5/c1-6-7-16-32-39-33-30(21-29(23(2)38-33)41-34(42)27-13-8-9-14-28(27)35(41)43)40(32)22-24-17-19-25(20-18-24)26-12-10-11-15-31(26)45-36(44)46-37(3,4)5/h10-12,15,17-21,27-28H,6-9,13-14,16,22H2,1-5H3/t27-,28+. The monoisotopic (exact) mass is 622 g/mol. The van der Waals surface area contributed by atoms with E-state index < -0.39 is 11.8 Å². The Kier molecular flexibility index (Phi) is 8.68. The number of carbonyl (C=O) groups is 3. The lowest BCUT2D eigenvalue weighted by atomic mass is 9.81. The van der Waals surface area contributed by atoms with Crippen LogP contribution in [0.5, 0.6) is 5.75 Å². The summed E-state index contributed by atoms with van der Waals surface area (Å²) in [5.74, 6) is 0.713. The highest BCUT2D eigenvalue weighted by Crippen LogP contribution is 2.41. The number of benzene rings is 2. The van der Waals surface area contributed by atoms with Gasteiger partial charge in [-0.25, -0.2) is 19.7 Å². The molecule has 2 aromatic carbocycles. The van der Waals surface area contributed by atoms with Gasteiger partial charge in [-0.3, -0.25) is 9.59 Å². The number of anilines is 1. The zero-order valence-electron chi connectivity index (χ0n) is 27.3. The molecule has 1 aliphatic carbocycles. The normalized spacial score (nSPS) is 18.2. The molecule has 240 valence electrons. The summed E-state index contributed by atoms with van der Waals surface area (Å²) in [6.45, 7) is 9.94. The molecule has 3 heterocycles. The molecule has 0 bridgehead atoms. The second kappa shape index (κ2) is 12.7. The molecule has 2 atom stereocenters. The fourth-order valence-corrected chi connectivity index (χ4v) is 6.63. The fraction of sp³-hybridized carbons (Fsp3) is 0.432. The van der Waals surface area contributed by atoms with Crippen LogP contribution in [0.1, 0.15) is 83.3 Å². The van der Waals surface area contributed by atoms with Crippen molar-refractivity contribution in [2.45, 2.75) is 91.7 Å². The quantitative estimate of drug-likeness (QED) is 0.112. The van der Waals surface area contributed by atoms with E-state index in [1.54, 1.807) is 26.8 Å². The molecule has 1 aliphatic heterocycles. The summed E-state index contributed by atoms with van der Waals surface area (Å²) in [5.41, 5.74) is 4.70. The fourth-order valence-electron chi connectivity index (χ4n) is 6.63. The van der Waals surface area contributed by atoms with Crippen molar-refractivity contribution >= 4 is 34.8 Å². The van der Waals surface area contributed by atoms with Crippen LogP contribution in [0.4, 0.5) is 10.5 Å². The second-order valence-corrected chi connectivity index (χ2v) is 13.4. The number of imide groups is 1. The summed E-state index contributed by atoms with van der Waals surface area (Å²) < 4.78 is 13.1. The van der Waals surface area contributed by atoms with Crippen molar-refractivity contribution in [2.75, 3.05) is 4.90 Å². The number of rotatable bonds is 8. The average molecular weight is 623 g/mol. The number of aryl methyl sites for hydroxylation is 2. The Balaban J connectivity index is 1.31. The zero-order valence-corrected chi connectivity index (χ0v) is 27.3. The van der Waals surface area contributed by atoms with Gasteiger partial charge in [0.15, 0.2) is 5.65 Å². The van der Waals surface area contributed by atoms with Gasteiger partial charge in [0.25, 0.3) is 0 Å². The molecule has 1 saturated carbocycles. The third-order valence-corrected chi connectivity index (χ3v) is 8.90. The van der Waals surface area contributed by atoms with Crippen LogP contribution in [0, 0.1) is 18.8 Å². The van der Waals surface area contributed by atoms with Crippen LogP contribution in [-0.2, 0) is 27.3 Å². The first-order valence-electron chi connectivity index (χ1n) is 16.4. The molecule has 2 amide bonds. The highest BCUT2D eigenvalue weighted by Gasteiger charge is 2.49. The van der Waals surface area contributed by atoms with Gasteiger partial charge in [-0.05, 0) is 70.2 Å². The number of pyridine rings is 1. The minimum absolute atomic E-state index is 0.0947. The maximum atomic E-state index is 13.5. The van der Waals surface area contributed by atoms with Gasteiger partial charge in [-0.1, -0.05) is 68.7 Å². The molecule has 0 N–H and O–H groups in total. The zero-order chi connectivity index (χ0) is 32.6. The van der Waals surface area contributed by atoms with E-state index in [1.165, 1.54) is 4.90 Å². The Morgan fingerprint density at radius 1 is 0.957 bits per heavy atom. The minimum atomic E-state index is -0.748. The molecule has 0 unspecified atom stereocenters. The predicted molar refractivity (Wildman–Crippen MR) is 177 cm³/mol. The third-order valence-electron chi connectivity index (χ3n) is 8.90. The van der Waals surface area contributed by atoms with Crippen molar-refractivity contribution in [3.05, 3.63) is 71.7 Å². The molecule has 6 rings (SSSR count). The van der Waals surface area contributed by atoms with Gasteiger partial charge in [-0.15, -0.1) is 0 Å². The van der Waals surface area contributed by atoms with Gasteiger partial charge < -0.3 is 14.0 Å². The number of ether oxygens (including phenoxy) is 2. The Morgan fingerprint density at radius 2 is 1.63 bits per heavy atom. The van der Waals surface area contributed by atoms with Gasteiger partial charge in [0.2, 0.25) is 11.8 Å². The summed E-state index contributed by atoms with van der Waals surface area (Å²) in [6, 6.07) is 17.4. The van der Waals surface area contributed by atoms with E-state index in [2.05, 4.69) is 23.6 Å². The summed E-state index contributed by atoms with van der Waals surface area (Å²) in [5, 5.41) is 0. The lowest BCUT2D eigenvalue weighted by molar-refractivity contribution is -0.122. The number of imidazole rings is 1. The largest absolute Gasteiger partial charge is 0.514 e. The van der Waals surface area contributed by atoms with Gasteiger partial charge in [-0.2, -0.15) is 0 Å². The number of hydrogen-bond donors (Lipinski definition) is 0. The molecular weight excluding hydrogens is 580 g/mol. The first-order chi connectivity index (χ1) is 22.0. The number of nitrogens with zero attached hydrogens (tertiary/aromatic N) is 4. The van der Waals surface area contributed by atoms with Crippen molar-refractivity contribution < 1.29 is 23.9 Å². The Hall–Kier alpha value is -4.53. The topological polar surface area (TPSA) is 104 Å². The van der Waals surface area contributed by atoms with Crippen LogP contribution in [-0.4, -0.2) is 38.1 Å². The Morgan fingerprint density at radius 3 is 2.28 bits per heavy atom. The Labute approximate surface area is 269 Å². The van der Waals surface area contributed by atoms with E-state index in [4.69, 9.17) is 19.4 Å². The van der Waals surface area contributed by atoms with E-state index in [0.717, 1.165) is 73.0 Å². The number of unbranched alkanes of at least 4 members (excludes halogenated alkanes) is 1. The van der Waals surface area contributed by atoms with E-state index >= 15 is 0 Å². The van der Waals surface area contributed by atoms with Crippen LogP contribution in [0.15, 0.2) is 54.6 Å². The smallest absolute Gasteiger partial charge is 0.428 e. The lowest BCUT2D eigenvalue weighted by Crippen LogP contribution is -2.31. The summed E-state index contributed by atoms with van der Waals surface area (Å²) in [7, 11) is 0. The molecule has 2 aliphatic rings. The van der Waals surface area contributed by atoms with Crippen LogP contribution in [0.25, 0.3) is 22.3 Å². The molecule has 9 nitrogen and oxygen atoms in total. The molecule has 2 aromatic heterocycles. The number of hydrogen-bond acceptors (Lipinski definition) is 7. The maximum Gasteiger partial charge on any atom is 0.514 e. The van der Waals surface area contributed by atoms with Crippen LogP contribution < -0.4 is 9.64 Å². The molecule has 46 heavy (non-hydrogen) atoms. The van der Waals surface area contributed by atoms with Crippen molar-refractivity contribution in [3.63, 3.8) is 0 Å². The first-order valence-corrected chi connectivity index (χ1v) is 16.4. The lowest BCUT2D eigenvalue weighted by Gasteiger charge is -2.19. The van der Waals surface area contributed by atoms with Crippen molar-refractivity contribution in [1.29, 1.82) is 0 Å². The van der Waals surface area contributed by atoms with E-state index in [-0.39, 0.29) is 23.7 Å². The summed E-state index contributed by atoms with van der Waals surface area (Å²) in [4.78, 5) is 50.5. The molecular formula is C37H42N4O5. The molecule has 0 spiro atoms. The van der Waals surface area contributed by atoms with E-state index in [9.17, 15) is 14.4 Å². The number of amides is 2. The number of aromatic nitrogens is 3. The number of fused-ring (bicyclic) bond motifs is 2. The van der Waals surface area contributed by atoms with Gasteiger partial charge in [0.1, 0.15) is 17.2 Å². The Bertz CT molecular complexity index is 1760. The highest BCUT2D eigenvalue weighted by atomic mass is 16.7. The van der Waals surface area contributed by atoms with Gasteiger partial charge in [0, 0.05) is 18.5 Å². The van der Waals surface area contributed by atoms with Crippen molar-refractivity contribution in [3.8, 4) is 16.9 Å². The average Bonchev–Trinajstić information content (AvgIpc) is 3.47. The molecule has 2 fully saturated rings. The maximum absolute atomic E-state index is 13.5. The minimum Gasteiger partial charge on any atom is -0.428 e. The first kappa shape index (κ1) is 31.5. The molecule has 9 heteroatoms. The molecule has 4 aromatic rings. The second-order valence-electron chi connectivity index (χ2n) is 13.4. The van der Waals surface area contributed by atoms with Crippen LogP contribution in [0.3, 0.4) is 0 Å². The van der Waals surface area contributed by atoms with Crippen LogP contribution >= 0.6 is 0 Å². The predicted octanol–water partition coefficient (Wildman–Crippen LogP) is 7.79. The summed E-state index contributed by atoms with van der Waals surface area (Å²) in [6.07, 6.45) is 5.57. The highest BCUT2D eigenvalue weighted by molar-refractivity contribution is 6.22. The SMILES string of the molecule is CCCCc1nc2nc(C)c(N3C(=O)[C@H]4CCCC[C@H]4C3=O)cc2n1Cc1ccc(-c2ccccc2OC(=O)OC(C)(C)C)cc1.